The molecule has 0 aliphatic heterocycles. The van der Waals surface area contributed by atoms with E-state index in [0.717, 1.165) is 18.4 Å². The van der Waals surface area contributed by atoms with Crippen molar-refractivity contribution in [3.05, 3.63) is 23.4 Å². The molecule has 0 unspecified atom stereocenters. The van der Waals surface area contributed by atoms with Gasteiger partial charge in [-0.15, -0.1) is 0 Å². The number of hydrogen-bond donors (Lipinski definition) is 1. The summed E-state index contributed by atoms with van der Waals surface area (Å²) in [7, 11) is -1.83. The zero-order chi connectivity index (χ0) is 16.4. The van der Waals surface area contributed by atoms with Gasteiger partial charge in [-0.25, -0.2) is 13.4 Å². The zero-order valence-electron chi connectivity index (χ0n) is 11.3. The average Bonchev–Trinajstić information content (AvgIpc) is 2.33. The van der Waals surface area contributed by atoms with Crippen LogP contribution in [-0.4, -0.2) is 44.0 Å². The van der Waals surface area contributed by atoms with Crippen molar-refractivity contribution < 1.29 is 21.6 Å². The van der Waals surface area contributed by atoms with Gasteiger partial charge in [0.25, 0.3) is 0 Å². The molecule has 0 aliphatic rings. The first-order chi connectivity index (χ1) is 9.42. The lowest BCUT2D eigenvalue weighted by molar-refractivity contribution is -0.141. The standard InChI is InChI=1S/C11H14F3N3O2S2/c1-17(5-6-21(2,18)19)10-7(9(15)20)3-4-8(16-10)11(12,13)14/h3-4H,5-6H2,1-2H3,(H2,15,20). The van der Waals surface area contributed by atoms with Crippen molar-refractivity contribution in [1.29, 1.82) is 0 Å². The Hall–Kier alpha value is -1.42. The minimum Gasteiger partial charge on any atom is -0.389 e. The minimum atomic E-state index is -4.61. The number of rotatable bonds is 5. The Morgan fingerprint density at radius 1 is 1.43 bits per heavy atom. The second-order valence-corrected chi connectivity index (χ2v) is 7.18. The highest BCUT2D eigenvalue weighted by Gasteiger charge is 2.33. The number of hydrogen-bond acceptors (Lipinski definition) is 5. The summed E-state index contributed by atoms with van der Waals surface area (Å²) in [6.45, 7) is -0.0250. The molecule has 0 radical (unpaired) electrons. The third kappa shape index (κ3) is 5.12. The molecule has 10 heteroatoms. The Morgan fingerprint density at radius 2 is 2.00 bits per heavy atom. The summed E-state index contributed by atoms with van der Waals surface area (Å²) < 4.78 is 60.4. The van der Waals surface area contributed by atoms with E-state index in [-0.39, 0.29) is 28.7 Å². The maximum absolute atomic E-state index is 12.7. The second-order valence-electron chi connectivity index (χ2n) is 4.48. The van der Waals surface area contributed by atoms with Crippen LogP contribution >= 0.6 is 12.2 Å². The van der Waals surface area contributed by atoms with E-state index in [1.165, 1.54) is 11.9 Å². The number of thiocarbonyl (C=S) groups is 1. The van der Waals surface area contributed by atoms with E-state index in [1.807, 2.05) is 0 Å². The van der Waals surface area contributed by atoms with Crippen LogP contribution in [0, 0.1) is 0 Å². The molecule has 0 atom stereocenters. The van der Waals surface area contributed by atoms with Gasteiger partial charge in [0.05, 0.1) is 11.3 Å². The largest absolute Gasteiger partial charge is 0.433 e. The van der Waals surface area contributed by atoms with E-state index >= 15 is 0 Å². The molecule has 1 aromatic heterocycles. The third-order valence-corrected chi connectivity index (χ3v) is 3.73. The lowest BCUT2D eigenvalue weighted by Crippen LogP contribution is -2.29. The summed E-state index contributed by atoms with van der Waals surface area (Å²) in [5.41, 5.74) is 4.53. The molecule has 2 N–H and O–H groups in total. The number of sulfone groups is 1. The van der Waals surface area contributed by atoms with Crippen LogP contribution in [0.2, 0.25) is 0 Å². The van der Waals surface area contributed by atoms with Gasteiger partial charge in [0.15, 0.2) is 0 Å². The molecule has 0 saturated carbocycles. The van der Waals surface area contributed by atoms with Gasteiger partial charge in [-0.2, -0.15) is 13.2 Å². The number of nitrogens with zero attached hydrogens (tertiary/aromatic N) is 2. The number of pyridine rings is 1. The molecule has 0 bridgehead atoms. The fourth-order valence-corrected chi connectivity index (χ4v) is 2.26. The van der Waals surface area contributed by atoms with E-state index in [9.17, 15) is 21.6 Å². The van der Waals surface area contributed by atoms with Crippen molar-refractivity contribution in [3.63, 3.8) is 0 Å². The zero-order valence-corrected chi connectivity index (χ0v) is 12.9. The molecule has 21 heavy (non-hydrogen) atoms. The van der Waals surface area contributed by atoms with Crippen molar-refractivity contribution in [2.45, 2.75) is 6.18 Å². The van der Waals surface area contributed by atoms with Gasteiger partial charge < -0.3 is 10.6 Å². The Balaban J connectivity index is 3.20. The second kappa shape index (κ2) is 6.14. The minimum absolute atomic E-state index is 0.0250. The molecule has 0 amide bonds. The van der Waals surface area contributed by atoms with Gasteiger partial charge in [0, 0.05) is 19.8 Å². The summed E-state index contributed by atoms with van der Waals surface area (Å²) in [5.74, 6) is -0.320. The molecule has 0 aliphatic carbocycles. The molecule has 0 spiro atoms. The Labute approximate surface area is 125 Å². The lowest BCUT2D eigenvalue weighted by atomic mass is 10.2. The van der Waals surface area contributed by atoms with Crippen LogP contribution in [-0.2, 0) is 16.0 Å². The first-order valence-electron chi connectivity index (χ1n) is 5.68. The van der Waals surface area contributed by atoms with Crippen molar-refractivity contribution >= 4 is 32.9 Å². The van der Waals surface area contributed by atoms with E-state index < -0.39 is 21.7 Å². The van der Waals surface area contributed by atoms with Crippen molar-refractivity contribution in [1.82, 2.24) is 4.98 Å². The molecule has 5 nitrogen and oxygen atoms in total. The van der Waals surface area contributed by atoms with Gasteiger partial charge in [0.2, 0.25) is 0 Å². The topological polar surface area (TPSA) is 76.3 Å². The summed E-state index contributed by atoms with van der Waals surface area (Å²) in [6.07, 6.45) is -3.57. The quantitative estimate of drug-likeness (QED) is 0.812. The summed E-state index contributed by atoms with van der Waals surface area (Å²) in [6, 6.07) is 1.91. The highest BCUT2D eigenvalue weighted by atomic mass is 32.2. The van der Waals surface area contributed by atoms with Crippen molar-refractivity contribution in [2.24, 2.45) is 5.73 Å². The van der Waals surface area contributed by atoms with E-state index in [4.69, 9.17) is 18.0 Å². The Kier molecular flexibility index (Phi) is 5.16. The lowest BCUT2D eigenvalue weighted by Gasteiger charge is -2.21. The normalized spacial score (nSPS) is 12.2. The first-order valence-corrected chi connectivity index (χ1v) is 8.15. The monoisotopic (exact) mass is 341 g/mol. The molecule has 1 rings (SSSR count). The number of halogens is 3. The highest BCUT2D eigenvalue weighted by Crippen LogP contribution is 2.30. The fraction of sp³-hybridized carbons (Fsp3) is 0.455. The Bertz CT molecular complexity index is 645. The van der Waals surface area contributed by atoms with Gasteiger partial charge in [-0.3, -0.25) is 0 Å². The number of aromatic nitrogens is 1. The van der Waals surface area contributed by atoms with Crippen molar-refractivity contribution in [2.75, 3.05) is 30.5 Å². The molecule has 0 aromatic carbocycles. The predicted octanol–water partition coefficient (Wildman–Crippen LogP) is 1.22. The van der Waals surface area contributed by atoms with E-state index in [0.29, 0.717) is 0 Å². The fourth-order valence-electron chi connectivity index (χ4n) is 1.50. The van der Waals surface area contributed by atoms with Crippen LogP contribution < -0.4 is 10.6 Å². The Morgan fingerprint density at radius 3 is 2.43 bits per heavy atom. The van der Waals surface area contributed by atoms with E-state index in [1.54, 1.807) is 0 Å². The summed E-state index contributed by atoms with van der Waals surface area (Å²) in [4.78, 5) is 4.67. The molecule has 0 saturated heterocycles. The summed E-state index contributed by atoms with van der Waals surface area (Å²) in [5, 5.41) is 0. The van der Waals surface area contributed by atoms with Crippen LogP contribution in [0.15, 0.2) is 12.1 Å². The smallest absolute Gasteiger partial charge is 0.389 e. The van der Waals surface area contributed by atoms with E-state index in [2.05, 4.69) is 4.98 Å². The molecular formula is C11H14F3N3O2S2. The number of anilines is 1. The van der Waals surface area contributed by atoms with Gasteiger partial charge in [-0.1, -0.05) is 12.2 Å². The molecule has 0 fully saturated rings. The number of alkyl halides is 3. The van der Waals surface area contributed by atoms with Gasteiger partial charge in [0.1, 0.15) is 26.3 Å². The van der Waals surface area contributed by atoms with Gasteiger partial charge in [-0.05, 0) is 12.1 Å². The molecular weight excluding hydrogens is 327 g/mol. The molecule has 1 aromatic rings. The third-order valence-electron chi connectivity index (χ3n) is 2.59. The van der Waals surface area contributed by atoms with Crippen LogP contribution in [0.1, 0.15) is 11.3 Å². The van der Waals surface area contributed by atoms with Crippen molar-refractivity contribution in [3.8, 4) is 0 Å². The molecule has 1 heterocycles. The average molecular weight is 341 g/mol. The van der Waals surface area contributed by atoms with Crippen LogP contribution in [0.3, 0.4) is 0 Å². The number of nitrogens with two attached hydrogens (primary N) is 1. The highest BCUT2D eigenvalue weighted by molar-refractivity contribution is 7.90. The van der Waals surface area contributed by atoms with Crippen LogP contribution in [0.4, 0.5) is 19.0 Å². The molecule has 118 valence electrons. The maximum atomic E-state index is 12.7. The predicted molar refractivity (Wildman–Crippen MR) is 78.1 cm³/mol. The first kappa shape index (κ1) is 17.6. The SMILES string of the molecule is CN(CCS(C)(=O)=O)c1nc(C(F)(F)F)ccc1C(N)=S. The van der Waals surface area contributed by atoms with Crippen LogP contribution in [0.25, 0.3) is 0 Å². The van der Waals surface area contributed by atoms with Crippen LogP contribution in [0.5, 0.6) is 0 Å². The maximum Gasteiger partial charge on any atom is 0.433 e. The summed E-state index contributed by atoms with van der Waals surface area (Å²) >= 11 is 4.77. The van der Waals surface area contributed by atoms with Gasteiger partial charge >= 0.3 is 6.18 Å².